The van der Waals surface area contributed by atoms with Crippen molar-refractivity contribution in [3.8, 4) is 0 Å². The van der Waals surface area contributed by atoms with Crippen LogP contribution in [0.1, 0.15) is 36.9 Å². The standard InChI is InChI=1S/C22H25FN2O3S/c1-17(19-7-9-21(23)10-8-19)24-22(26)20-11-14-25(15-12-20)29(27,28)16-13-18-5-3-2-4-6-18/h2-10,13,16-17,20H,11-12,14-15H2,1H3,(H,24,26). The molecule has 1 saturated heterocycles. The summed E-state index contributed by atoms with van der Waals surface area (Å²) in [6.45, 7) is 2.47. The molecule has 2 aromatic rings. The van der Waals surface area contributed by atoms with E-state index in [4.69, 9.17) is 0 Å². The number of halogens is 1. The fraction of sp³-hybridized carbons (Fsp3) is 0.318. The van der Waals surface area contributed by atoms with Crippen molar-refractivity contribution >= 4 is 22.0 Å². The van der Waals surface area contributed by atoms with E-state index in [9.17, 15) is 17.6 Å². The first kappa shape index (κ1) is 21.2. The molecule has 154 valence electrons. The Balaban J connectivity index is 1.53. The van der Waals surface area contributed by atoms with Gasteiger partial charge in [-0.2, -0.15) is 4.31 Å². The van der Waals surface area contributed by atoms with E-state index in [0.717, 1.165) is 11.1 Å². The van der Waals surface area contributed by atoms with E-state index in [1.165, 1.54) is 21.8 Å². The number of sulfonamides is 1. The molecule has 0 saturated carbocycles. The molecule has 1 amide bonds. The largest absolute Gasteiger partial charge is 0.349 e. The summed E-state index contributed by atoms with van der Waals surface area (Å²) in [6, 6.07) is 15.0. The molecule has 0 aromatic heterocycles. The lowest BCUT2D eigenvalue weighted by atomic mass is 9.96. The molecular weight excluding hydrogens is 391 g/mol. The summed E-state index contributed by atoms with van der Waals surface area (Å²) in [5.41, 5.74) is 1.64. The third-order valence-electron chi connectivity index (χ3n) is 5.15. The first-order chi connectivity index (χ1) is 13.8. The van der Waals surface area contributed by atoms with Crippen molar-refractivity contribution in [2.24, 2.45) is 5.92 Å². The Morgan fingerprint density at radius 3 is 2.34 bits per heavy atom. The molecule has 1 N–H and O–H groups in total. The average Bonchev–Trinajstić information content (AvgIpc) is 2.73. The van der Waals surface area contributed by atoms with Gasteiger partial charge in [-0.1, -0.05) is 42.5 Å². The van der Waals surface area contributed by atoms with Gasteiger partial charge < -0.3 is 5.32 Å². The van der Waals surface area contributed by atoms with Crippen LogP contribution in [0.15, 0.2) is 60.0 Å². The fourth-order valence-electron chi connectivity index (χ4n) is 3.35. The molecule has 0 bridgehead atoms. The number of piperidine rings is 1. The molecule has 1 aliphatic rings. The van der Waals surface area contributed by atoms with Gasteiger partial charge in [0.1, 0.15) is 5.82 Å². The third-order valence-corrected chi connectivity index (χ3v) is 6.71. The van der Waals surface area contributed by atoms with Gasteiger partial charge in [0.05, 0.1) is 6.04 Å². The van der Waals surface area contributed by atoms with Crippen molar-refractivity contribution in [1.82, 2.24) is 9.62 Å². The first-order valence-electron chi connectivity index (χ1n) is 9.64. The van der Waals surface area contributed by atoms with E-state index in [-0.39, 0.29) is 23.7 Å². The third kappa shape index (κ3) is 5.74. The summed E-state index contributed by atoms with van der Waals surface area (Å²) >= 11 is 0. The van der Waals surface area contributed by atoms with Crippen LogP contribution in [-0.2, 0) is 14.8 Å². The molecule has 2 aromatic carbocycles. The average molecular weight is 417 g/mol. The van der Waals surface area contributed by atoms with Crippen molar-refractivity contribution in [3.05, 3.63) is 76.9 Å². The van der Waals surface area contributed by atoms with Crippen LogP contribution in [0.5, 0.6) is 0 Å². The Hall–Kier alpha value is -2.51. The van der Waals surface area contributed by atoms with Gasteiger partial charge in [0, 0.05) is 24.4 Å². The van der Waals surface area contributed by atoms with E-state index in [1.54, 1.807) is 18.2 Å². The number of benzene rings is 2. The van der Waals surface area contributed by atoms with Gasteiger partial charge >= 0.3 is 0 Å². The topological polar surface area (TPSA) is 66.5 Å². The molecule has 29 heavy (non-hydrogen) atoms. The maximum atomic E-state index is 13.0. The van der Waals surface area contributed by atoms with Crippen molar-refractivity contribution in [1.29, 1.82) is 0 Å². The number of carbonyl (C=O) groups is 1. The van der Waals surface area contributed by atoms with Crippen molar-refractivity contribution in [3.63, 3.8) is 0 Å². The fourth-order valence-corrected chi connectivity index (χ4v) is 4.57. The Bertz CT molecular complexity index is 951. The highest BCUT2D eigenvalue weighted by Gasteiger charge is 2.30. The van der Waals surface area contributed by atoms with Crippen molar-refractivity contribution in [2.45, 2.75) is 25.8 Å². The SMILES string of the molecule is CC(NC(=O)C1CCN(S(=O)(=O)C=Cc2ccccc2)CC1)c1ccc(F)cc1. The summed E-state index contributed by atoms with van der Waals surface area (Å²) in [5.74, 6) is -0.650. The van der Waals surface area contributed by atoms with E-state index in [2.05, 4.69) is 5.32 Å². The molecule has 3 rings (SSSR count). The molecule has 1 aliphatic heterocycles. The molecule has 0 spiro atoms. The molecule has 1 unspecified atom stereocenters. The highest BCUT2D eigenvalue weighted by Crippen LogP contribution is 2.22. The highest BCUT2D eigenvalue weighted by molar-refractivity contribution is 7.92. The van der Waals surface area contributed by atoms with E-state index >= 15 is 0 Å². The minimum absolute atomic E-state index is 0.0984. The minimum Gasteiger partial charge on any atom is -0.349 e. The molecule has 7 heteroatoms. The number of hydrogen-bond donors (Lipinski definition) is 1. The van der Waals surface area contributed by atoms with Crippen LogP contribution in [0.2, 0.25) is 0 Å². The zero-order valence-electron chi connectivity index (χ0n) is 16.3. The minimum atomic E-state index is -3.52. The number of hydrogen-bond acceptors (Lipinski definition) is 3. The van der Waals surface area contributed by atoms with Gasteiger partial charge in [-0.15, -0.1) is 0 Å². The Morgan fingerprint density at radius 2 is 1.72 bits per heavy atom. The predicted molar refractivity (Wildman–Crippen MR) is 112 cm³/mol. The second-order valence-electron chi connectivity index (χ2n) is 7.21. The first-order valence-corrected chi connectivity index (χ1v) is 11.1. The van der Waals surface area contributed by atoms with Gasteiger partial charge in [-0.05, 0) is 49.1 Å². The quantitative estimate of drug-likeness (QED) is 0.781. The van der Waals surface area contributed by atoms with E-state index in [0.29, 0.717) is 25.9 Å². The van der Waals surface area contributed by atoms with Crippen LogP contribution in [0.3, 0.4) is 0 Å². The van der Waals surface area contributed by atoms with E-state index < -0.39 is 10.0 Å². The number of amides is 1. The summed E-state index contributed by atoms with van der Waals surface area (Å²) < 4.78 is 39.5. The lowest BCUT2D eigenvalue weighted by molar-refractivity contribution is -0.126. The number of carbonyl (C=O) groups excluding carboxylic acids is 1. The molecule has 5 nitrogen and oxygen atoms in total. The molecule has 1 heterocycles. The normalized spacial score (nSPS) is 17.3. The van der Waals surface area contributed by atoms with Crippen molar-refractivity contribution in [2.75, 3.05) is 13.1 Å². The lowest BCUT2D eigenvalue weighted by Crippen LogP contribution is -2.42. The van der Waals surface area contributed by atoms with Crippen LogP contribution in [0, 0.1) is 11.7 Å². The molecular formula is C22H25FN2O3S. The summed E-state index contributed by atoms with van der Waals surface area (Å²) in [7, 11) is -3.52. The van der Waals surface area contributed by atoms with E-state index in [1.807, 2.05) is 37.3 Å². The van der Waals surface area contributed by atoms with Crippen LogP contribution in [0.25, 0.3) is 6.08 Å². The second kappa shape index (κ2) is 9.33. The zero-order valence-corrected chi connectivity index (χ0v) is 17.1. The van der Waals surface area contributed by atoms with Crippen molar-refractivity contribution < 1.29 is 17.6 Å². The number of rotatable bonds is 6. The van der Waals surface area contributed by atoms with Gasteiger partial charge in [-0.25, -0.2) is 12.8 Å². The Morgan fingerprint density at radius 1 is 1.10 bits per heavy atom. The number of nitrogens with zero attached hydrogens (tertiary/aromatic N) is 1. The van der Waals surface area contributed by atoms with Gasteiger partial charge in [0.2, 0.25) is 15.9 Å². The zero-order chi connectivity index (χ0) is 20.9. The molecule has 1 fully saturated rings. The highest BCUT2D eigenvalue weighted by atomic mass is 32.2. The molecule has 1 atom stereocenters. The monoisotopic (exact) mass is 416 g/mol. The van der Waals surface area contributed by atoms with Crippen LogP contribution >= 0.6 is 0 Å². The van der Waals surface area contributed by atoms with Crippen LogP contribution < -0.4 is 5.32 Å². The van der Waals surface area contributed by atoms with Crippen LogP contribution in [0.4, 0.5) is 4.39 Å². The van der Waals surface area contributed by atoms with Gasteiger partial charge in [0.25, 0.3) is 0 Å². The lowest BCUT2D eigenvalue weighted by Gasteiger charge is -2.30. The molecule has 0 radical (unpaired) electrons. The Labute approximate surface area is 171 Å². The van der Waals surface area contributed by atoms with Gasteiger partial charge in [0.15, 0.2) is 0 Å². The number of nitrogens with one attached hydrogen (secondary N) is 1. The summed E-state index contributed by atoms with van der Waals surface area (Å²) in [4.78, 5) is 12.5. The summed E-state index contributed by atoms with van der Waals surface area (Å²) in [5, 5.41) is 4.16. The van der Waals surface area contributed by atoms with Crippen LogP contribution in [-0.4, -0.2) is 31.7 Å². The maximum Gasteiger partial charge on any atom is 0.236 e. The van der Waals surface area contributed by atoms with Gasteiger partial charge in [-0.3, -0.25) is 4.79 Å². The summed E-state index contributed by atoms with van der Waals surface area (Å²) in [6.07, 6.45) is 2.53. The second-order valence-corrected chi connectivity index (χ2v) is 9.03. The maximum absolute atomic E-state index is 13.0. The molecule has 0 aliphatic carbocycles. The Kier molecular flexibility index (Phi) is 6.82. The smallest absolute Gasteiger partial charge is 0.236 e. The predicted octanol–water partition coefficient (Wildman–Crippen LogP) is 3.72.